The van der Waals surface area contributed by atoms with E-state index in [1.54, 1.807) is 12.4 Å². The van der Waals surface area contributed by atoms with Crippen LogP contribution in [0.5, 0.6) is 0 Å². The number of hydrogen-bond acceptors (Lipinski definition) is 4. The maximum atomic E-state index is 5.85. The van der Waals surface area contributed by atoms with Crippen LogP contribution in [0.25, 0.3) is 33.1 Å². The molecule has 0 spiro atoms. The molecule has 0 aliphatic heterocycles. The van der Waals surface area contributed by atoms with Crippen molar-refractivity contribution in [1.29, 1.82) is 0 Å². The largest absolute Gasteiger partial charge is 0.361 e. The van der Waals surface area contributed by atoms with Crippen LogP contribution in [0.3, 0.4) is 0 Å². The summed E-state index contributed by atoms with van der Waals surface area (Å²) in [6.45, 7) is 3.80. The van der Waals surface area contributed by atoms with E-state index in [1.807, 2.05) is 56.6 Å². The second-order valence-electron chi connectivity index (χ2n) is 7.60. The summed E-state index contributed by atoms with van der Waals surface area (Å²) >= 11 is 16.8. The molecule has 0 unspecified atom stereocenters. The van der Waals surface area contributed by atoms with Gasteiger partial charge in [-0.2, -0.15) is 0 Å². The summed E-state index contributed by atoms with van der Waals surface area (Å²) in [5.74, 6) is 0. The molecular weight excluding hydrogens is 503 g/mol. The zero-order chi connectivity index (χ0) is 24.8. The van der Waals surface area contributed by atoms with Gasteiger partial charge in [0.1, 0.15) is 5.15 Å². The highest BCUT2D eigenvalue weighted by Gasteiger charge is 2.10. The van der Waals surface area contributed by atoms with Crippen molar-refractivity contribution in [2.45, 2.75) is 13.8 Å². The molecule has 0 aliphatic rings. The molecule has 0 saturated carbocycles. The Kier molecular flexibility index (Phi) is 7.98. The van der Waals surface area contributed by atoms with Crippen molar-refractivity contribution in [3.8, 4) is 11.3 Å². The van der Waals surface area contributed by atoms with Gasteiger partial charge in [-0.15, -0.1) is 0 Å². The molecule has 0 aliphatic carbocycles. The minimum absolute atomic E-state index is 0.186. The normalized spacial score (nSPS) is 10.4. The van der Waals surface area contributed by atoms with E-state index in [2.05, 4.69) is 54.2 Å². The van der Waals surface area contributed by atoms with Gasteiger partial charge in [0.2, 0.25) is 10.6 Å². The number of halogens is 3. The third-order valence-electron chi connectivity index (χ3n) is 5.13. The predicted molar refractivity (Wildman–Crippen MR) is 144 cm³/mol. The van der Waals surface area contributed by atoms with Gasteiger partial charge in [0, 0.05) is 52.3 Å². The minimum atomic E-state index is 0.186. The highest BCUT2D eigenvalue weighted by atomic mass is 35.5. The van der Waals surface area contributed by atoms with Gasteiger partial charge in [-0.3, -0.25) is 0 Å². The van der Waals surface area contributed by atoms with E-state index in [9.17, 15) is 0 Å². The van der Waals surface area contributed by atoms with Crippen LogP contribution >= 0.6 is 34.8 Å². The molecule has 0 fully saturated rings. The molecule has 6 aromatic rings. The van der Waals surface area contributed by atoms with Gasteiger partial charge in [0.25, 0.3) is 0 Å². The number of H-pyrrole nitrogens is 2. The Balaban J connectivity index is 0.000000136. The maximum Gasteiger partial charge on any atom is 0.223 e. The van der Waals surface area contributed by atoms with Gasteiger partial charge < -0.3 is 9.97 Å². The summed E-state index contributed by atoms with van der Waals surface area (Å²) in [6, 6.07) is 18.4. The first kappa shape index (κ1) is 24.7. The third-order valence-corrected chi connectivity index (χ3v) is 5.88. The first-order valence-corrected chi connectivity index (χ1v) is 11.8. The minimum Gasteiger partial charge on any atom is -0.361 e. The van der Waals surface area contributed by atoms with Crippen molar-refractivity contribution >= 4 is 56.6 Å². The lowest BCUT2D eigenvalue weighted by molar-refractivity contribution is 1.13. The summed E-state index contributed by atoms with van der Waals surface area (Å²) < 4.78 is 0. The number of nitrogens with zero attached hydrogens (tertiary/aromatic N) is 4. The number of rotatable bonds is 1. The summed E-state index contributed by atoms with van der Waals surface area (Å²) in [7, 11) is 0. The smallest absolute Gasteiger partial charge is 0.223 e. The second-order valence-corrected chi connectivity index (χ2v) is 8.63. The van der Waals surface area contributed by atoms with E-state index in [-0.39, 0.29) is 10.6 Å². The third kappa shape index (κ3) is 6.17. The SMILES string of the molecule is Cc1cnc(Cl)nc1-c1c[nH]c2ccccc12.Cc1cnc(Cl)nc1Cl.c1ccc2[nH]ccc2c1. The number of aryl methyl sites for hydroxylation is 2. The zero-order valence-electron chi connectivity index (χ0n) is 18.9. The molecule has 9 heteroatoms. The van der Waals surface area contributed by atoms with Crippen molar-refractivity contribution in [3.63, 3.8) is 0 Å². The van der Waals surface area contributed by atoms with Crippen LogP contribution in [0.1, 0.15) is 11.1 Å². The number of nitrogens with one attached hydrogen (secondary N) is 2. The molecule has 0 radical (unpaired) electrons. The molecule has 2 N–H and O–H groups in total. The van der Waals surface area contributed by atoms with Gasteiger partial charge >= 0.3 is 0 Å². The van der Waals surface area contributed by atoms with Crippen LogP contribution in [0.2, 0.25) is 15.7 Å². The van der Waals surface area contributed by atoms with E-state index < -0.39 is 0 Å². The molecule has 6 nitrogen and oxygen atoms in total. The Labute approximate surface area is 217 Å². The Morgan fingerprint density at radius 3 is 2.06 bits per heavy atom. The highest BCUT2D eigenvalue weighted by Crippen LogP contribution is 2.29. The van der Waals surface area contributed by atoms with E-state index in [0.717, 1.165) is 33.3 Å². The lowest BCUT2D eigenvalue weighted by Gasteiger charge is -2.03. The van der Waals surface area contributed by atoms with Crippen molar-refractivity contribution in [2.24, 2.45) is 0 Å². The molecular formula is C26H21Cl3N6. The van der Waals surface area contributed by atoms with Crippen LogP contribution in [-0.2, 0) is 0 Å². The molecule has 0 amide bonds. The molecule has 2 aromatic carbocycles. The fraction of sp³-hybridized carbons (Fsp3) is 0.0769. The number of fused-ring (bicyclic) bond motifs is 2. The van der Waals surface area contributed by atoms with Gasteiger partial charge in [-0.25, -0.2) is 19.9 Å². The van der Waals surface area contributed by atoms with E-state index >= 15 is 0 Å². The van der Waals surface area contributed by atoms with Crippen LogP contribution < -0.4 is 0 Å². The number of aromatic nitrogens is 6. The summed E-state index contributed by atoms with van der Waals surface area (Å²) in [5, 5.41) is 3.29. The second kappa shape index (κ2) is 11.3. The van der Waals surface area contributed by atoms with Crippen molar-refractivity contribution in [1.82, 2.24) is 29.9 Å². The Morgan fingerprint density at radius 1 is 0.686 bits per heavy atom. The van der Waals surface area contributed by atoms with Crippen molar-refractivity contribution in [3.05, 3.63) is 106 Å². The maximum absolute atomic E-state index is 5.85. The standard InChI is InChI=1S/C13H10ClN3.C8H7N.C5H4Cl2N2/c1-8-6-16-13(14)17-12(8)10-7-15-11-5-3-2-4-9(10)11;1-2-4-8-7(3-1)5-6-9-8;1-3-2-8-5(7)9-4(3)6/h2-7,15H,1H3;1-6,9H;2H,1H3. The molecule has 35 heavy (non-hydrogen) atoms. The van der Waals surface area contributed by atoms with E-state index in [0.29, 0.717) is 5.15 Å². The zero-order valence-corrected chi connectivity index (χ0v) is 21.2. The average molecular weight is 524 g/mol. The quantitative estimate of drug-likeness (QED) is 0.170. The first-order valence-electron chi connectivity index (χ1n) is 10.6. The Bertz CT molecular complexity index is 1540. The van der Waals surface area contributed by atoms with E-state index in [1.165, 1.54) is 10.9 Å². The molecule has 0 bridgehead atoms. The molecule has 4 aromatic heterocycles. The molecule has 0 saturated heterocycles. The van der Waals surface area contributed by atoms with Crippen LogP contribution in [0.15, 0.2) is 79.4 Å². The van der Waals surface area contributed by atoms with Crippen molar-refractivity contribution in [2.75, 3.05) is 0 Å². The summed E-state index contributed by atoms with van der Waals surface area (Å²) in [6.07, 6.45) is 7.23. The fourth-order valence-corrected chi connectivity index (χ4v) is 3.80. The Hall–Kier alpha value is -3.45. The predicted octanol–water partition coefficient (Wildman–Crippen LogP) is 7.85. The molecule has 6 rings (SSSR count). The van der Waals surface area contributed by atoms with Crippen LogP contribution in [0.4, 0.5) is 0 Å². The van der Waals surface area contributed by atoms with Gasteiger partial charge in [-0.05, 0) is 66.2 Å². The Morgan fingerprint density at radius 2 is 1.34 bits per heavy atom. The average Bonchev–Trinajstić information content (AvgIpc) is 3.51. The number of aromatic amines is 2. The molecule has 176 valence electrons. The van der Waals surface area contributed by atoms with Crippen LogP contribution in [-0.4, -0.2) is 29.9 Å². The first-order chi connectivity index (χ1) is 16.9. The van der Waals surface area contributed by atoms with Gasteiger partial charge in [-0.1, -0.05) is 48.0 Å². The van der Waals surface area contributed by atoms with Gasteiger partial charge in [0.15, 0.2) is 0 Å². The number of benzene rings is 2. The molecule has 0 atom stereocenters. The van der Waals surface area contributed by atoms with Crippen molar-refractivity contribution < 1.29 is 0 Å². The number of para-hydroxylation sites is 2. The lowest BCUT2D eigenvalue weighted by atomic mass is 10.1. The topological polar surface area (TPSA) is 83.1 Å². The number of hydrogen-bond donors (Lipinski definition) is 2. The van der Waals surface area contributed by atoms with E-state index in [4.69, 9.17) is 34.8 Å². The monoisotopic (exact) mass is 522 g/mol. The van der Waals surface area contributed by atoms with Gasteiger partial charge in [0.05, 0.1) is 5.69 Å². The molecule has 4 heterocycles. The highest BCUT2D eigenvalue weighted by molar-refractivity contribution is 6.32. The fourth-order valence-electron chi connectivity index (χ4n) is 3.36. The summed E-state index contributed by atoms with van der Waals surface area (Å²) in [4.78, 5) is 22.0. The van der Waals surface area contributed by atoms with Crippen LogP contribution in [0, 0.1) is 13.8 Å². The lowest BCUT2D eigenvalue weighted by Crippen LogP contribution is -1.90. The summed E-state index contributed by atoms with van der Waals surface area (Å²) in [5.41, 5.74) is 6.08.